The number of nitrogens with zero attached hydrogens (tertiary/aromatic N) is 2. The summed E-state index contributed by atoms with van der Waals surface area (Å²) in [6, 6.07) is 10.9. The van der Waals surface area contributed by atoms with Crippen LogP contribution in [0.25, 0.3) is 0 Å². The Morgan fingerprint density at radius 1 is 0.897 bits per heavy atom. The highest BCUT2D eigenvalue weighted by Gasteiger charge is 2.46. The number of carbonyl (C=O) groups is 2. The van der Waals surface area contributed by atoms with Gasteiger partial charge in [0.15, 0.2) is 0 Å². The maximum Gasteiger partial charge on any atom is 0.225 e. The van der Waals surface area contributed by atoms with Crippen LogP contribution in [0, 0.1) is 11.8 Å². The summed E-state index contributed by atoms with van der Waals surface area (Å²) in [6.45, 7) is 3.75. The second-order valence-electron chi connectivity index (χ2n) is 9.60. The van der Waals surface area contributed by atoms with Crippen LogP contribution in [0.2, 0.25) is 0 Å². The van der Waals surface area contributed by atoms with Crippen molar-refractivity contribution in [2.75, 3.05) is 26.2 Å². The van der Waals surface area contributed by atoms with Gasteiger partial charge in [-0.1, -0.05) is 30.3 Å². The minimum atomic E-state index is -0.116. The predicted octanol–water partition coefficient (Wildman–Crippen LogP) is 2.90. The fraction of sp³-hybridized carbons (Fsp3) is 0.667. The van der Waals surface area contributed by atoms with Crippen LogP contribution in [0.5, 0.6) is 0 Å². The van der Waals surface area contributed by atoms with E-state index in [2.05, 4.69) is 39.4 Å². The van der Waals surface area contributed by atoms with Gasteiger partial charge in [-0.15, -0.1) is 0 Å². The van der Waals surface area contributed by atoms with Gasteiger partial charge in [-0.2, -0.15) is 0 Å². The van der Waals surface area contributed by atoms with Gasteiger partial charge in [-0.3, -0.25) is 14.5 Å². The van der Waals surface area contributed by atoms with Gasteiger partial charge in [0.05, 0.1) is 11.5 Å². The molecule has 5 heteroatoms. The summed E-state index contributed by atoms with van der Waals surface area (Å²) in [5.41, 5.74) is 1.13. The van der Waals surface area contributed by atoms with Gasteiger partial charge in [0.25, 0.3) is 0 Å². The van der Waals surface area contributed by atoms with Crippen molar-refractivity contribution in [2.24, 2.45) is 11.8 Å². The molecule has 2 saturated carbocycles. The van der Waals surface area contributed by atoms with Gasteiger partial charge in [0, 0.05) is 31.6 Å². The monoisotopic (exact) mass is 395 g/mol. The molecule has 4 fully saturated rings. The summed E-state index contributed by atoms with van der Waals surface area (Å²) in [5.74, 6) is 1.04. The summed E-state index contributed by atoms with van der Waals surface area (Å²) in [4.78, 5) is 30.0. The lowest BCUT2D eigenvalue weighted by molar-refractivity contribution is -0.134. The van der Waals surface area contributed by atoms with Crippen molar-refractivity contribution in [2.45, 2.75) is 62.9 Å². The highest BCUT2D eigenvalue weighted by atomic mass is 16.2. The van der Waals surface area contributed by atoms with Crippen molar-refractivity contribution in [3.05, 3.63) is 35.9 Å². The molecule has 0 radical (unpaired) electrons. The molecule has 0 unspecified atom stereocenters. The Morgan fingerprint density at radius 3 is 2.28 bits per heavy atom. The molecule has 4 aliphatic rings. The Kier molecular flexibility index (Phi) is 5.10. The zero-order valence-electron chi connectivity index (χ0n) is 17.3. The van der Waals surface area contributed by atoms with E-state index < -0.39 is 0 Å². The molecule has 2 heterocycles. The third kappa shape index (κ3) is 4.07. The Labute approximate surface area is 173 Å². The third-order valence-corrected chi connectivity index (χ3v) is 7.48. The maximum atomic E-state index is 13.1. The van der Waals surface area contributed by atoms with Gasteiger partial charge in [-0.05, 0) is 63.5 Å². The van der Waals surface area contributed by atoms with Crippen molar-refractivity contribution in [1.29, 1.82) is 0 Å². The molecular weight excluding hydrogens is 362 g/mol. The highest BCUT2D eigenvalue weighted by molar-refractivity contribution is 5.81. The first-order chi connectivity index (χ1) is 14.1. The molecule has 2 amide bonds. The Hall–Kier alpha value is -1.88. The molecule has 1 N–H and O–H groups in total. The largest absolute Gasteiger partial charge is 0.346 e. The average Bonchev–Trinajstić information content (AvgIpc) is 3.69. The number of hydrogen-bond acceptors (Lipinski definition) is 3. The van der Waals surface area contributed by atoms with Crippen LogP contribution in [-0.2, 0) is 15.1 Å². The minimum Gasteiger partial charge on any atom is -0.346 e. The molecule has 1 aromatic rings. The van der Waals surface area contributed by atoms with E-state index in [0.29, 0.717) is 17.9 Å². The molecule has 29 heavy (non-hydrogen) atoms. The van der Waals surface area contributed by atoms with Crippen LogP contribution >= 0.6 is 0 Å². The fourth-order valence-corrected chi connectivity index (χ4v) is 5.30. The average molecular weight is 396 g/mol. The van der Waals surface area contributed by atoms with Crippen LogP contribution < -0.4 is 5.32 Å². The van der Waals surface area contributed by atoms with Crippen LogP contribution in [0.1, 0.15) is 56.9 Å². The van der Waals surface area contributed by atoms with Gasteiger partial charge >= 0.3 is 0 Å². The summed E-state index contributed by atoms with van der Waals surface area (Å²) in [6.07, 6.45) is 8.48. The van der Waals surface area contributed by atoms with Gasteiger partial charge in [0.2, 0.25) is 11.8 Å². The van der Waals surface area contributed by atoms with Gasteiger partial charge < -0.3 is 10.2 Å². The van der Waals surface area contributed by atoms with E-state index in [1.165, 1.54) is 5.56 Å². The van der Waals surface area contributed by atoms with Crippen molar-refractivity contribution >= 4 is 11.8 Å². The predicted molar refractivity (Wildman–Crippen MR) is 112 cm³/mol. The minimum absolute atomic E-state index is 0.0936. The highest BCUT2D eigenvalue weighted by Crippen LogP contribution is 2.45. The summed E-state index contributed by atoms with van der Waals surface area (Å²) in [5, 5.41) is 3.40. The lowest BCUT2D eigenvalue weighted by Gasteiger charge is -2.42. The van der Waals surface area contributed by atoms with Crippen LogP contribution in [-0.4, -0.2) is 53.8 Å². The smallest absolute Gasteiger partial charge is 0.225 e. The first-order valence-electron chi connectivity index (χ1n) is 11.5. The van der Waals surface area contributed by atoms with Crippen LogP contribution in [0.15, 0.2) is 30.3 Å². The molecule has 2 saturated heterocycles. The topological polar surface area (TPSA) is 52.7 Å². The molecule has 1 atom stereocenters. The van der Waals surface area contributed by atoms with E-state index in [1.54, 1.807) is 0 Å². The number of rotatable bonds is 5. The Morgan fingerprint density at radius 2 is 1.62 bits per heavy atom. The van der Waals surface area contributed by atoms with E-state index in [0.717, 1.165) is 77.5 Å². The molecule has 0 spiro atoms. The second kappa shape index (κ2) is 7.75. The number of likely N-dealkylation sites (tertiary alicyclic amines) is 2. The van der Waals surface area contributed by atoms with Crippen molar-refractivity contribution in [3.8, 4) is 0 Å². The number of nitrogens with one attached hydrogen (secondary N) is 1. The Bertz CT molecular complexity index is 749. The van der Waals surface area contributed by atoms with Crippen molar-refractivity contribution in [1.82, 2.24) is 15.1 Å². The molecule has 5 rings (SSSR count). The quantitative estimate of drug-likeness (QED) is 0.834. The molecule has 156 valence electrons. The number of piperidine rings is 2. The second-order valence-corrected chi connectivity index (χ2v) is 9.60. The maximum absolute atomic E-state index is 13.1. The Balaban J connectivity index is 1.15. The SMILES string of the molecule is O=C(NC1(c2ccccc2)CC1)[C@H]1CCCN(C2CCN(C(=O)C3CC3)CC2)C1. The molecule has 2 aliphatic heterocycles. The van der Waals surface area contributed by atoms with Gasteiger partial charge in [-0.25, -0.2) is 0 Å². The molecule has 5 nitrogen and oxygen atoms in total. The molecule has 2 aliphatic carbocycles. The van der Waals surface area contributed by atoms with E-state index in [4.69, 9.17) is 0 Å². The van der Waals surface area contributed by atoms with Gasteiger partial charge in [0.1, 0.15) is 0 Å². The first-order valence-corrected chi connectivity index (χ1v) is 11.5. The number of hydrogen-bond donors (Lipinski definition) is 1. The summed E-state index contributed by atoms with van der Waals surface area (Å²) >= 11 is 0. The lowest BCUT2D eigenvalue weighted by Crippen LogP contribution is -2.52. The number of carbonyl (C=O) groups excluding carboxylic acids is 2. The number of benzene rings is 1. The summed E-state index contributed by atoms with van der Waals surface area (Å²) < 4.78 is 0. The lowest BCUT2D eigenvalue weighted by atomic mass is 9.92. The summed E-state index contributed by atoms with van der Waals surface area (Å²) in [7, 11) is 0. The van der Waals surface area contributed by atoms with Crippen molar-refractivity contribution < 1.29 is 9.59 Å². The van der Waals surface area contributed by atoms with Crippen LogP contribution in [0.4, 0.5) is 0 Å². The standard InChI is InChI=1S/C24H33N3O2/c28-22(25-24(12-13-24)20-6-2-1-3-7-20)19-5-4-14-27(17-19)21-10-15-26(16-11-21)23(29)18-8-9-18/h1-3,6-7,18-19,21H,4-5,8-17H2,(H,25,28)/t19-/m0/s1. The molecule has 0 bridgehead atoms. The number of amides is 2. The molecular formula is C24H33N3O2. The zero-order valence-corrected chi connectivity index (χ0v) is 17.3. The van der Waals surface area contributed by atoms with E-state index in [-0.39, 0.29) is 17.4 Å². The normalized spacial score (nSPS) is 27.4. The third-order valence-electron chi connectivity index (χ3n) is 7.48. The van der Waals surface area contributed by atoms with E-state index in [9.17, 15) is 9.59 Å². The first kappa shape index (κ1) is 19.1. The van der Waals surface area contributed by atoms with Crippen molar-refractivity contribution in [3.63, 3.8) is 0 Å². The molecule has 1 aromatic carbocycles. The van der Waals surface area contributed by atoms with Crippen LogP contribution in [0.3, 0.4) is 0 Å². The van der Waals surface area contributed by atoms with E-state index >= 15 is 0 Å². The fourth-order valence-electron chi connectivity index (χ4n) is 5.30. The molecule has 0 aromatic heterocycles. The zero-order chi connectivity index (χ0) is 19.8. The van der Waals surface area contributed by atoms with E-state index in [1.807, 2.05) is 6.07 Å².